The van der Waals surface area contributed by atoms with Gasteiger partial charge in [-0.2, -0.15) is 0 Å². The molecule has 1 amide bonds. The monoisotopic (exact) mass is 324 g/mol. The van der Waals surface area contributed by atoms with Crippen molar-refractivity contribution in [2.24, 2.45) is 11.3 Å². The molecule has 23 heavy (non-hydrogen) atoms. The van der Waals surface area contributed by atoms with Crippen LogP contribution in [0.1, 0.15) is 56.3 Å². The number of likely N-dealkylation sites (tertiary alicyclic amines) is 1. The fourth-order valence-electron chi connectivity index (χ4n) is 3.38. The smallest absolute Gasteiger partial charge is 0.292 e. The van der Waals surface area contributed by atoms with Crippen molar-refractivity contribution in [3.63, 3.8) is 0 Å². The largest absolute Gasteiger partial charge is 0.396 e. The summed E-state index contributed by atoms with van der Waals surface area (Å²) in [6.45, 7) is 6.87. The van der Waals surface area contributed by atoms with Gasteiger partial charge in [-0.05, 0) is 25.2 Å². The third-order valence-corrected chi connectivity index (χ3v) is 4.62. The first-order chi connectivity index (χ1) is 10.9. The summed E-state index contributed by atoms with van der Waals surface area (Å²) >= 11 is 0. The highest BCUT2D eigenvalue weighted by molar-refractivity contribution is 5.91. The lowest BCUT2D eigenvalue weighted by Gasteiger charge is -2.45. The molecule has 2 heterocycles. The van der Waals surface area contributed by atoms with Crippen molar-refractivity contribution in [2.45, 2.75) is 52.6 Å². The zero-order chi connectivity index (χ0) is 17.0. The van der Waals surface area contributed by atoms with Crippen molar-refractivity contribution in [1.82, 2.24) is 10.1 Å². The average Bonchev–Trinajstić information content (AvgIpc) is 2.96. The normalized spacial score (nSPS) is 25.1. The molecule has 130 valence electrons. The van der Waals surface area contributed by atoms with Gasteiger partial charge < -0.3 is 19.6 Å². The molecular weight excluding hydrogens is 296 g/mol. The van der Waals surface area contributed by atoms with Crippen molar-refractivity contribution >= 4 is 5.91 Å². The maximum atomic E-state index is 12.6. The Labute approximate surface area is 137 Å². The van der Waals surface area contributed by atoms with Crippen LogP contribution < -0.4 is 0 Å². The van der Waals surface area contributed by atoms with Gasteiger partial charge in [-0.1, -0.05) is 32.3 Å². The van der Waals surface area contributed by atoms with Gasteiger partial charge in [-0.15, -0.1) is 0 Å². The van der Waals surface area contributed by atoms with E-state index in [1.54, 1.807) is 11.0 Å². The Balaban J connectivity index is 2.11. The number of carbonyl (C=O) groups excluding carboxylic acids is 1. The van der Waals surface area contributed by atoms with Crippen LogP contribution in [0.3, 0.4) is 0 Å². The van der Waals surface area contributed by atoms with E-state index in [1.807, 2.05) is 6.92 Å². The molecule has 1 saturated heterocycles. The lowest BCUT2D eigenvalue weighted by molar-refractivity contribution is -0.0725. The fraction of sp³-hybridized carbons (Fsp3) is 0.765. The van der Waals surface area contributed by atoms with Crippen LogP contribution in [-0.4, -0.2) is 52.0 Å². The molecule has 1 aliphatic heterocycles. The van der Waals surface area contributed by atoms with Crippen LogP contribution in [0, 0.1) is 11.3 Å². The first-order valence-electron chi connectivity index (χ1n) is 8.45. The quantitative estimate of drug-likeness (QED) is 0.834. The Morgan fingerprint density at radius 1 is 1.57 bits per heavy atom. The zero-order valence-electron chi connectivity index (χ0n) is 14.3. The van der Waals surface area contributed by atoms with E-state index >= 15 is 0 Å². The van der Waals surface area contributed by atoms with Crippen molar-refractivity contribution in [3.05, 3.63) is 17.5 Å². The molecule has 2 rings (SSSR count). The summed E-state index contributed by atoms with van der Waals surface area (Å²) in [7, 11) is 0. The van der Waals surface area contributed by atoms with Crippen LogP contribution in [0.25, 0.3) is 0 Å². The summed E-state index contributed by atoms with van der Waals surface area (Å²) < 4.78 is 5.20. The van der Waals surface area contributed by atoms with Gasteiger partial charge in [0.25, 0.3) is 5.91 Å². The van der Waals surface area contributed by atoms with E-state index in [4.69, 9.17) is 4.52 Å². The topological polar surface area (TPSA) is 86.8 Å². The van der Waals surface area contributed by atoms with Crippen LogP contribution in [-0.2, 0) is 6.42 Å². The predicted octanol–water partition coefficient (Wildman–Crippen LogP) is 1.86. The van der Waals surface area contributed by atoms with E-state index in [0.717, 1.165) is 18.5 Å². The SMILES string of the molecule is CCC[C@@]1(CO)CN(C(=O)c2cc(CC(C)C)no2)CC[C@H]1O. The molecule has 0 radical (unpaired) electrons. The maximum Gasteiger partial charge on any atom is 0.292 e. The number of piperidine rings is 1. The molecule has 6 heteroatoms. The Morgan fingerprint density at radius 2 is 2.30 bits per heavy atom. The van der Waals surface area contributed by atoms with E-state index in [9.17, 15) is 15.0 Å². The molecule has 6 nitrogen and oxygen atoms in total. The van der Waals surface area contributed by atoms with Gasteiger partial charge in [-0.25, -0.2) is 0 Å². The fourth-order valence-corrected chi connectivity index (χ4v) is 3.38. The summed E-state index contributed by atoms with van der Waals surface area (Å²) in [6.07, 6.45) is 2.19. The number of aliphatic hydroxyl groups excluding tert-OH is 2. The molecule has 0 aromatic carbocycles. The average molecular weight is 324 g/mol. The molecule has 2 N–H and O–H groups in total. The maximum absolute atomic E-state index is 12.6. The molecule has 2 atom stereocenters. The number of hydrogen-bond acceptors (Lipinski definition) is 5. The van der Waals surface area contributed by atoms with Gasteiger partial charge in [0.1, 0.15) is 0 Å². The van der Waals surface area contributed by atoms with E-state index in [1.165, 1.54) is 0 Å². The van der Waals surface area contributed by atoms with Gasteiger partial charge in [0.2, 0.25) is 5.76 Å². The van der Waals surface area contributed by atoms with E-state index in [0.29, 0.717) is 31.8 Å². The lowest BCUT2D eigenvalue weighted by atomic mass is 9.74. The van der Waals surface area contributed by atoms with Gasteiger partial charge in [0.15, 0.2) is 0 Å². The van der Waals surface area contributed by atoms with E-state index < -0.39 is 11.5 Å². The molecule has 1 aliphatic rings. The molecule has 0 bridgehead atoms. The number of rotatable bonds is 6. The highest BCUT2D eigenvalue weighted by atomic mass is 16.5. The number of amides is 1. The molecule has 1 fully saturated rings. The molecule has 0 saturated carbocycles. The number of hydrogen-bond donors (Lipinski definition) is 2. The number of nitrogens with zero attached hydrogens (tertiary/aromatic N) is 2. The Kier molecular flexibility index (Phi) is 5.81. The van der Waals surface area contributed by atoms with E-state index in [-0.39, 0.29) is 18.3 Å². The van der Waals surface area contributed by atoms with Crippen molar-refractivity contribution in [2.75, 3.05) is 19.7 Å². The second-order valence-electron chi connectivity index (χ2n) is 7.08. The van der Waals surface area contributed by atoms with Crippen molar-refractivity contribution in [3.8, 4) is 0 Å². The van der Waals surface area contributed by atoms with Crippen LogP contribution >= 0.6 is 0 Å². The molecular formula is C17H28N2O4. The minimum atomic E-state index is -0.635. The van der Waals surface area contributed by atoms with Gasteiger partial charge in [0.05, 0.1) is 18.4 Å². The molecule has 0 aliphatic carbocycles. The molecule has 1 aromatic heterocycles. The summed E-state index contributed by atoms with van der Waals surface area (Å²) in [5.74, 6) is 0.466. The van der Waals surface area contributed by atoms with Crippen LogP contribution in [0.15, 0.2) is 10.6 Å². The Morgan fingerprint density at radius 3 is 2.91 bits per heavy atom. The van der Waals surface area contributed by atoms with Gasteiger partial charge in [0, 0.05) is 24.6 Å². The number of aromatic nitrogens is 1. The first-order valence-corrected chi connectivity index (χ1v) is 8.45. The summed E-state index contributed by atoms with van der Waals surface area (Å²) in [6, 6.07) is 1.70. The van der Waals surface area contributed by atoms with Gasteiger partial charge >= 0.3 is 0 Å². The lowest BCUT2D eigenvalue weighted by Crippen LogP contribution is -2.55. The zero-order valence-corrected chi connectivity index (χ0v) is 14.3. The first kappa shape index (κ1) is 17.9. The second-order valence-corrected chi connectivity index (χ2v) is 7.08. The highest BCUT2D eigenvalue weighted by Gasteiger charge is 2.43. The summed E-state index contributed by atoms with van der Waals surface area (Å²) in [5, 5.41) is 24.0. The molecule has 0 spiro atoms. The third kappa shape index (κ3) is 3.93. The number of carbonyl (C=O) groups is 1. The van der Waals surface area contributed by atoms with Crippen molar-refractivity contribution < 1.29 is 19.5 Å². The Bertz CT molecular complexity index is 528. The third-order valence-electron chi connectivity index (χ3n) is 4.62. The van der Waals surface area contributed by atoms with Crippen molar-refractivity contribution in [1.29, 1.82) is 0 Å². The van der Waals surface area contributed by atoms with Crippen LogP contribution in [0.4, 0.5) is 0 Å². The minimum absolute atomic E-state index is 0.124. The van der Waals surface area contributed by atoms with Crippen LogP contribution in [0.5, 0.6) is 0 Å². The highest BCUT2D eigenvalue weighted by Crippen LogP contribution is 2.35. The standard InChI is InChI=1S/C17H28N2O4/c1-4-6-17(11-20)10-19(7-5-15(17)21)16(22)14-9-13(18-23-14)8-12(2)3/h9,12,15,20-21H,4-8,10-11H2,1-3H3/t15-,17+/m1/s1. The van der Waals surface area contributed by atoms with E-state index in [2.05, 4.69) is 19.0 Å². The minimum Gasteiger partial charge on any atom is -0.396 e. The van der Waals surface area contributed by atoms with Gasteiger partial charge in [-0.3, -0.25) is 4.79 Å². The second kappa shape index (κ2) is 7.45. The number of aliphatic hydroxyl groups is 2. The molecule has 0 unspecified atom stereocenters. The van der Waals surface area contributed by atoms with Crippen LogP contribution in [0.2, 0.25) is 0 Å². The Hall–Kier alpha value is -1.40. The molecule has 1 aromatic rings. The predicted molar refractivity (Wildman–Crippen MR) is 86.0 cm³/mol. The summed E-state index contributed by atoms with van der Waals surface area (Å²) in [4.78, 5) is 14.3. The summed E-state index contributed by atoms with van der Waals surface area (Å²) in [5.41, 5.74) is 0.145.